The van der Waals surface area contributed by atoms with Gasteiger partial charge in [-0.1, -0.05) is 6.07 Å². The normalized spacial score (nSPS) is 24.4. The average Bonchev–Trinajstić information content (AvgIpc) is 2.85. The van der Waals surface area contributed by atoms with Gasteiger partial charge in [-0.05, 0) is 48.6 Å². The highest BCUT2D eigenvalue weighted by Gasteiger charge is 2.34. The van der Waals surface area contributed by atoms with Crippen LogP contribution in [-0.2, 0) is 13.1 Å². The van der Waals surface area contributed by atoms with Gasteiger partial charge in [-0.2, -0.15) is 0 Å². The Hall–Kier alpha value is -1.85. The first-order valence-electron chi connectivity index (χ1n) is 8.97. The molecule has 132 valence electrons. The van der Waals surface area contributed by atoms with Crippen LogP contribution in [0.5, 0.6) is 0 Å². The molecule has 0 unspecified atom stereocenters. The summed E-state index contributed by atoms with van der Waals surface area (Å²) in [5, 5.41) is 0. The molecule has 0 radical (unpaired) electrons. The van der Waals surface area contributed by atoms with Gasteiger partial charge < -0.3 is 0 Å². The van der Waals surface area contributed by atoms with E-state index in [-0.39, 0.29) is 0 Å². The Bertz CT molecular complexity index is 702. The van der Waals surface area contributed by atoms with Gasteiger partial charge in [0.05, 0.1) is 5.69 Å². The second-order valence-electron chi connectivity index (χ2n) is 7.32. The molecule has 25 heavy (non-hydrogen) atoms. The van der Waals surface area contributed by atoms with Crippen molar-refractivity contribution in [1.82, 2.24) is 14.8 Å². The molecule has 2 atom stereocenters. The molecule has 5 heteroatoms. The standard InChI is InChI=1S/C20H23F2N3/c21-17-7-16(8-18(22)9-17)12-25-11-15-4-5-20(25)14-24(10-15)13-19-3-1-2-6-23-19/h1-3,6-9,15,20H,4-5,10-14H2/t15-,20+/m0/s1. The lowest BCUT2D eigenvalue weighted by atomic mass is 9.94. The maximum atomic E-state index is 13.5. The van der Waals surface area contributed by atoms with Crippen molar-refractivity contribution in [2.75, 3.05) is 19.6 Å². The van der Waals surface area contributed by atoms with Crippen molar-refractivity contribution in [1.29, 1.82) is 0 Å². The molecule has 1 aromatic heterocycles. The SMILES string of the molecule is Fc1cc(F)cc(CN2C[C@H]3CC[C@@H]2CN(Cc2ccccn2)C3)c1. The van der Waals surface area contributed by atoms with Crippen LogP contribution in [0.15, 0.2) is 42.6 Å². The van der Waals surface area contributed by atoms with Gasteiger partial charge in [0.2, 0.25) is 0 Å². The zero-order valence-electron chi connectivity index (χ0n) is 14.2. The van der Waals surface area contributed by atoms with E-state index in [1.54, 1.807) is 0 Å². The van der Waals surface area contributed by atoms with Gasteiger partial charge in [0.15, 0.2) is 0 Å². The van der Waals surface area contributed by atoms with E-state index in [1.165, 1.54) is 18.6 Å². The van der Waals surface area contributed by atoms with Crippen molar-refractivity contribution in [2.45, 2.75) is 32.0 Å². The Labute approximate surface area is 147 Å². The Kier molecular flexibility index (Phi) is 4.77. The van der Waals surface area contributed by atoms with Gasteiger partial charge in [0.25, 0.3) is 0 Å². The molecule has 2 bridgehead atoms. The van der Waals surface area contributed by atoms with E-state index in [2.05, 4.69) is 20.9 Å². The number of hydrogen-bond acceptors (Lipinski definition) is 3. The average molecular weight is 343 g/mol. The second-order valence-corrected chi connectivity index (χ2v) is 7.32. The summed E-state index contributed by atoms with van der Waals surface area (Å²) in [7, 11) is 0. The molecular formula is C20H23F2N3. The number of fused-ring (bicyclic) bond motifs is 4. The first-order chi connectivity index (χ1) is 12.2. The van der Waals surface area contributed by atoms with Crippen LogP contribution in [-0.4, -0.2) is 40.5 Å². The summed E-state index contributed by atoms with van der Waals surface area (Å²) in [5.74, 6) is -0.376. The molecule has 0 N–H and O–H groups in total. The molecule has 4 heterocycles. The Morgan fingerprint density at radius 2 is 1.80 bits per heavy atom. The zero-order valence-corrected chi connectivity index (χ0v) is 14.2. The minimum Gasteiger partial charge on any atom is -0.296 e. The molecule has 0 amide bonds. The molecule has 0 spiro atoms. The maximum Gasteiger partial charge on any atom is 0.126 e. The highest BCUT2D eigenvalue weighted by molar-refractivity contribution is 5.18. The van der Waals surface area contributed by atoms with Gasteiger partial charge in [0.1, 0.15) is 11.6 Å². The topological polar surface area (TPSA) is 19.4 Å². The van der Waals surface area contributed by atoms with E-state index in [4.69, 9.17) is 0 Å². The fraction of sp³-hybridized carbons (Fsp3) is 0.450. The molecular weight excluding hydrogens is 320 g/mol. The largest absolute Gasteiger partial charge is 0.296 e. The Morgan fingerprint density at radius 1 is 0.960 bits per heavy atom. The van der Waals surface area contributed by atoms with Crippen molar-refractivity contribution < 1.29 is 8.78 Å². The third-order valence-electron chi connectivity index (χ3n) is 5.32. The molecule has 0 aliphatic carbocycles. The van der Waals surface area contributed by atoms with Crippen molar-refractivity contribution in [3.05, 3.63) is 65.5 Å². The van der Waals surface area contributed by atoms with E-state index in [9.17, 15) is 8.78 Å². The number of pyridine rings is 1. The van der Waals surface area contributed by atoms with Gasteiger partial charge in [-0.15, -0.1) is 0 Å². The third kappa shape index (κ3) is 4.05. The smallest absolute Gasteiger partial charge is 0.126 e. The lowest BCUT2D eigenvalue weighted by Gasteiger charge is -2.36. The van der Waals surface area contributed by atoms with Crippen LogP contribution in [0.3, 0.4) is 0 Å². The molecule has 3 aliphatic rings. The van der Waals surface area contributed by atoms with Crippen LogP contribution >= 0.6 is 0 Å². The van der Waals surface area contributed by atoms with Crippen LogP contribution < -0.4 is 0 Å². The number of nitrogens with zero attached hydrogens (tertiary/aromatic N) is 3. The summed E-state index contributed by atoms with van der Waals surface area (Å²) in [5.41, 5.74) is 1.82. The molecule has 5 rings (SSSR count). The van der Waals surface area contributed by atoms with Crippen LogP contribution in [0.4, 0.5) is 8.78 Å². The molecule has 2 aromatic rings. The minimum atomic E-state index is -0.494. The summed E-state index contributed by atoms with van der Waals surface area (Å²) in [4.78, 5) is 9.33. The molecule has 3 aliphatic heterocycles. The number of aromatic nitrogens is 1. The zero-order chi connectivity index (χ0) is 17.2. The highest BCUT2D eigenvalue weighted by atomic mass is 19.1. The molecule has 3 saturated heterocycles. The number of piperidine rings is 1. The van der Waals surface area contributed by atoms with E-state index in [1.807, 2.05) is 18.3 Å². The first-order valence-corrected chi connectivity index (χ1v) is 8.97. The Balaban J connectivity index is 1.46. The molecule has 0 saturated carbocycles. The summed E-state index contributed by atoms with van der Waals surface area (Å²) in [6.07, 6.45) is 4.23. The summed E-state index contributed by atoms with van der Waals surface area (Å²) >= 11 is 0. The van der Waals surface area contributed by atoms with E-state index in [0.29, 0.717) is 18.5 Å². The fourth-order valence-electron chi connectivity index (χ4n) is 4.26. The summed E-state index contributed by atoms with van der Waals surface area (Å²) < 4.78 is 27.0. The van der Waals surface area contributed by atoms with Gasteiger partial charge >= 0.3 is 0 Å². The number of halogens is 2. The molecule has 3 fully saturated rings. The van der Waals surface area contributed by atoms with Crippen molar-refractivity contribution in [3.63, 3.8) is 0 Å². The highest BCUT2D eigenvalue weighted by Crippen LogP contribution is 2.30. The van der Waals surface area contributed by atoms with Crippen molar-refractivity contribution in [2.24, 2.45) is 5.92 Å². The summed E-state index contributed by atoms with van der Waals surface area (Å²) in [6.45, 7) is 4.55. The number of hydrogen-bond donors (Lipinski definition) is 0. The first kappa shape index (κ1) is 16.6. The maximum absolute atomic E-state index is 13.5. The van der Waals surface area contributed by atoms with Crippen LogP contribution in [0.25, 0.3) is 0 Å². The number of rotatable bonds is 4. The van der Waals surface area contributed by atoms with Gasteiger partial charge in [0, 0.05) is 51.0 Å². The Morgan fingerprint density at radius 3 is 2.56 bits per heavy atom. The van der Waals surface area contributed by atoms with Crippen LogP contribution in [0.1, 0.15) is 24.1 Å². The van der Waals surface area contributed by atoms with Gasteiger partial charge in [-0.3, -0.25) is 14.8 Å². The van der Waals surface area contributed by atoms with Crippen LogP contribution in [0, 0.1) is 17.6 Å². The predicted octanol–water partition coefficient (Wildman–Crippen LogP) is 3.46. The minimum absolute atomic E-state index is 0.439. The van der Waals surface area contributed by atoms with Crippen LogP contribution in [0.2, 0.25) is 0 Å². The molecule has 3 nitrogen and oxygen atoms in total. The fourth-order valence-corrected chi connectivity index (χ4v) is 4.26. The number of benzene rings is 1. The lowest BCUT2D eigenvalue weighted by Crippen LogP contribution is -2.43. The van der Waals surface area contributed by atoms with Crippen molar-refractivity contribution in [3.8, 4) is 0 Å². The quantitative estimate of drug-likeness (QED) is 0.848. The van der Waals surface area contributed by atoms with E-state index < -0.39 is 11.6 Å². The predicted molar refractivity (Wildman–Crippen MR) is 92.8 cm³/mol. The monoisotopic (exact) mass is 343 g/mol. The summed E-state index contributed by atoms with van der Waals surface area (Å²) in [6, 6.07) is 10.3. The van der Waals surface area contributed by atoms with E-state index in [0.717, 1.165) is 49.9 Å². The second kappa shape index (κ2) is 7.18. The van der Waals surface area contributed by atoms with Crippen molar-refractivity contribution >= 4 is 0 Å². The van der Waals surface area contributed by atoms with Gasteiger partial charge in [-0.25, -0.2) is 8.78 Å². The molecule has 1 aromatic carbocycles. The third-order valence-corrected chi connectivity index (χ3v) is 5.32. The van der Waals surface area contributed by atoms with E-state index >= 15 is 0 Å². The lowest BCUT2D eigenvalue weighted by molar-refractivity contribution is 0.123.